The second-order valence-corrected chi connectivity index (χ2v) is 6.48. The average molecular weight is 364 g/mol. The summed E-state index contributed by atoms with van der Waals surface area (Å²) >= 11 is 3.36. The van der Waals surface area contributed by atoms with Crippen LogP contribution in [0.15, 0.2) is 23.1 Å². The number of nitrogens with one attached hydrogen (secondary N) is 1. The number of rotatable bonds is 5. The van der Waals surface area contributed by atoms with Gasteiger partial charge in [-0.2, -0.15) is 4.98 Å². The lowest BCUT2D eigenvalue weighted by Crippen LogP contribution is -2.07. The molecule has 2 heterocycles. The summed E-state index contributed by atoms with van der Waals surface area (Å²) in [6, 6.07) is 2.31. The van der Waals surface area contributed by atoms with Gasteiger partial charge < -0.3 is 15.8 Å². The Balaban J connectivity index is 1.84. The van der Waals surface area contributed by atoms with E-state index in [4.69, 9.17) is 10.5 Å². The van der Waals surface area contributed by atoms with Crippen LogP contribution in [-0.2, 0) is 0 Å². The molecule has 0 radical (unpaired) electrons. The highest BCUT2D eigenvalue weighted by Crippen LogP contribution is 2.34. The fourth-order valence-corrected chi connectivity index (χ4v) is 2.32. The molecule has 0 aromatic carbocycles. The maximum atomic E-state index is 5.99. The summed E-state index contributed by atoms with van der Waals surface area (Å²) in [5, 5.41) is 3.21. The quantitative estimate of drug-likeness (QED) is 0.787. The molecule has 7 heteroatoms. The minimum absolute atomic E-state index is 0.286. The van der Waals surface area contributed by atoms with Crippen molar-refractivity contribution in [1.82, 2.24) is 15.0 Å². The first-order chi connectivity index (χ1) is 10.5. The van der Waals surface area contributed by atoms with Gasteiger partial charge in [-0.25, -0.2) is 9.97 Å². The molecule has 0 aliphatic heterocycles. The Morgan fingerprint density at radius 1 is 1.27 bits per heavy atom. The molecule has 0 saturated heterocycles. The maximum Gasteiger partial charge on any atom is 0.225 e. The van der Waals surface area contributed by atoms with E-state index < -0.39 is 0 Å². The van der Waals surface area contributed by atoms with Gasteiger partial charge in [0.25, 0.3) is 0 Å². The Bertz CT molecular complexity index is 688. The van der Waals surface area contributed by atoms with Crippen LogP contribution >= 0.6 is 15.9 Å². The first-order valence-corrected chi connectivity index (χ1v) is 8.04. The summed E-state index contributed by atoms with van der Waals surface area (Å²) in [5.74, 6) is 2.30. The number of nitrogens with zero attached hydrogens (tertiary/aromatic N) is 3. The third-order valence-electron chi connectivity index (χ3n) is 3.40. The van der Waals surface area contributed by atoms with Crippen LogP contribution in [0.3, 0.4) is 0 Å². The zero-order valence-electron chi connectivity index (χ0n) is 12.5. The minimum Gasteiger partial charge on any atom is -0.451 e. The molecule has 0 amide bonds. The molecule has 2 aromatic rings. The molecule has 0 unspecified atom stereocenters. The monoisotopic (exact) mass is 363 g/mol. The van der Waals surface area contributed by atoms with Gasteiger partial charge in [0.05, 0.1) is 6.20 Å². The second-order valence-electron chi connectivity index (χ2n) is 5.66. The van der Waals surface area contributed by atoms with Crippen LogP contribution in [-0.4, -0.2) is 21.0 Å². The topological polar surface area (TPSA) is 86.0 Å². The van der Waals surface area contributed by atoms with Crippen LogP contribution in [0.2, 0.25) is 0 Å². The van der Waals surface area contributed by atoms with E-state index >= 15 is 0 Å². The first kappa shape index (κ1) is 15.0. The fraction of sp³-hybridized carbons (Fsp3) is 0.400. The molecule has 22 heavy (non-hydrogen) atoms. The Morgan fingerprint density at radius 2 is 2.05 bits per heavy atom. The van der Waals surface area contributed by atoms with Gasteiger partial charge in [-0.1, -0.05) is 13.8 Å². The molecule has 0 spiro atoms. The summed E-state index contributed by atoms with van der Waals surface area (Å²) in [6.07, 6.45) is 5.71. The lowest BCUT2D eigenvalue weighted by molar-refractivity contribution is 0.469. The Kier molecular flexibility index (Phi) is 4.15. The van der Waals surface area contributed by atoms with E-state index in [0.29, 0.717) is 33.9 Å². The van der Waals surface area contributed by atoms with E-state index in [9.17, 15) is 0 Å². The first-order valence-electron chi connectivity index (χ1n) is 7.25. The molecule has 0 bridgehead atoms. The van der Waals surface area contributed by atoms with E-state index in [-0.39, 0.29) is 5.92 Å². The molecule has 0 atom stereocenters. The standard InChI is InChI=1S/C15H18BrN5O/c1-8(2)10-6-18-13(16)5-11(10)22-12-7-19-15(21-14(12)17)20-9-3-4-9/h5-9H,3-4H2,1-2H3,(H3,17,19,20,21). The third kappa shape index (κ3) is 3.47. The molecular weight excluding hydrogens is 346 g/mol. The van der Waals surface area contributed by atoms with E-state index in [1.54, 1.807) is 12.4 Å². The van der Waals surface area contributed by atoms with Gasteiger partial charge in [0.1, 0.15) is 10.4 Å². The highest BCUT2D eigenvalue weighted by atomic mass is 79.9. The molecule has 116 valence electrons. The van der Waals surface area contributed by atoms with Crippen molar-refractivity contribution in [2.24, 2.45) is 0 Å². The smallest absolute Gasteiger partial charge is 0.225 e. The van der Waals surface area contributed by atoms with Crippen molar-refractivity contribution in [1.29, 1.82) is 0 Å². The Labute approximate surface area is 137 Å². The second kappa shape index (κ2) is 6.08. The predicted octanol–water partition coefficient (Wildman–Crippen LogP) is 3.71. The maximum absolute atomic E-state index is 5.99. The molecule has 2 aromatic heterocycles. The van der Waals surface area contributed by atoms with Crippen molar-refractivity contribution in [3.05, 3.63) is 28.6 Å². The molecule has 3 N–H and O–H groups in total. The van der Waals surface area contributed by atoms with Crippen LogP contribution in [0.4, 0.5) is 11.8 Å². The zero-order valence-corrected chi connectivity index (χ0v) is 14.1. The number of nitrogen functional groups attached to an aromatic ring is 1. The number of aromatic nitrogens is 3. The van der Waals surface area contributed by atoms with Gasteiger partial charge in [0.15, 0.2) is 11.6 Å². The van der Waals surface area contributed by atoms with Crippen molar-refractivity contribution < 1.29 is 4.74 Å². The lowest BCUT2D eigenvalue weighted by atomic mass is 10.1. The summed E-state index contributed by atoms with van der Waals surface area (Å²) < 4.78 is 6.62. The highest BCUT2D eigenvalue weighted by Gasteiger charge is 2.22. The predicted molar refractivity (Wildman–Crippen MR) is 89.2 cm³/mol. The summed E-state index contributed by atoms with van der Waals surface area (Å²) in [5.41, 5.74) is 6.99. The van der Waals surface area contributed by atoms with Gasteiger partial charge in [0, 0.05) is 23.9 Å². The summed E-state index contributed by atoms with van der Waals surface area (Å²) in [6.45, 7) is 4.17. The van der Waals surface area contributed by atoms with Gasteiger partial charge >= 0.3 is 0 Å². The third-order valence-corrected chi connectivity index (χ3v) is 3.83. The largest absolute Gasteiger partial charge is 0.451 e. The van der Waals surface area contributed by atoms with Gasteiger partial charge in [0.2, 0.25) is 5.95 Å². The number of halogens is 1. The SMILES string of the molecule is CC(C)c1cnc(Br)cc1Oc1cnc(NC2CC2)nc1N. The van der Waals surface area contributed by atoms with E-state index in [1.807, 2.05) is 6.07 Å². The van der Waals surface area contributed by atoms with Crippen molar-refractivity contribution in [2.45, 2.75) is 38.6 Å². The van der Waals surface area contributed by atoms with Crippen LogP contribution in [0.25, 0.3) is 0 Å². The molecule has 1 fully saturated rings. The van der Waals surface area contributed by atoms with Crippen molar-refractivity contribution >= 4 is 27.7 Å². The van der Waals surface area contributed by atoms with Crippen molar-refractivity contribution in [3.63, 3.8) is 0 Å². The zero-order chi connectivity index (χ0) is 15.7. The molecular formula is C15H18BrN5O. The number of nitrogens with two attached hydrogens (primary N) is 1. The molecule has 1 aliphatic rings. The van der Waals surface area contributed by atoms with Crippen LogP contribution in [0, 0.1) is 0 Å². The van der Waals surface area contributed by atoms with E-state index in [1.165, 1.54) is 0 Å². The highest BCUT2D eigenvalue weighted by molar-refractivity contribution is 9.10. The molecule has 6 nitrogen and oxygen atoms in total. The van der Waals surface area contributed by atoms with Crippen LogP contribution in [0.5, 0.6) is 11.5 Å². The molecule has 1 saturated carbocycles. The number of hydrogen-bond acceptors (Lipinski definition) is 6. The van der Waals surface area contributed by atoms with Gasteiger partial charge in [-0.05, 0) is 34.7 Å². The molecule has 1 aliphatic carbocycles. The Hall–Kier alpha value is -1.89. The molecule has 3 rings (SSSR count). The van der Waals surface area contributed by atoms with Crippen molar-refractivity contribution in [2.75, 3.05) is 11.1 Å². The van der Waals surface area contributed by atoms with E-state index in [0.717, 1.165) is 18.4 Å². The van der Waals surface area contributed by atoms with Crippen LogP contribution < -0.4 is 15.8 Å². The van der Waals surface area contributed by atoms with Gasteiger partial charge in [-0.3, -0.25) is 0 Å². The number of hydrogen-bond donors (Lipinski definition) is 2. The minimum atomic E-state index is 0.286. The lowest BCUT2D eigenvalue weighted by Gasteiger charge is -2.14. The number of anilines is 2. The normalized spacial score (nSPS) is 14.2. The summed E-state index contributed by atoms with van der Waals surface area (Å²) in [7, 11) is 0. The van der Waals surface area contributed by atoms with Gasteiger partial charge in [-0.15, -0.1) is 0 Å². The Morgan fingerprint density at radius 3 is 2.68 bits per heavy atom. The average Bonchev–Trinajstić information content (AvgIpc) is 3.25. The van der Waals surface area contributed by atoms with E-state index in [2.05, 4.69) is 50.0 Å². The number of pyridine rings is 1. The van der Waals surface area contributed by atoms with Crippen molar-refractivity contribution in [3.8, 4) is 11.5 Å². The fourth-order valence-electron chi connectivity index (χ4n) is 2.01. The number of ether oxygens (including phenoxy) is 1. The summed E-state index contributed by atoms with van der Waals surface area (Å²) in [4.78, 5) is 12.8. The van der Waals surface area contributed by atoms with Crippen LogP contribution in [0.1, 0.15) is 38.2 Å².